The second-order valence-corrected chi connectivity index (χ2v) is 7.58. The smallest absolute Gasteiger partial charge is 0.274 e. The van der Waals surface area contributed by atoms with Crippen molar-refractivity contribution < 1.29 is 9.90 Å². The first kappa shape index (κ1) is 17.7. The van der Waals surface area contributed by atoms with E-state index in [0.29, 0.717) is 23.8 Å². The molecule has 5 heteroatoms. The van der Waals surface area contributed by atoms with E-state index in [2.05, 4.69) is 10.9 Å². The van der Waals surface area contributed by atoms with Crippen LogP contribution in [0.4, 0.5) is 5.69 Å². The molecule has 4 aromatic rings. The summed E-state index contributed by atoms with van der Waals surface area (Å²) in [5.41, 5.74) is 3.80. The number of halogens is 1. The number of aromatic nitrogens is 1. The minimum atomic E-state index is -0.160. The highest BCUT2D eigenvalue weighted by Gasteiger charge is 2.35. The monoisotopic (exact) mass is 400 g/mol. The van der Waals surface area contributed by atoms with Crippen molar-refractivity contribution >= 4 is 44.9 Å². The molecular weight excluding hydrogens is 384 g/mol. The number of terminal acetylenes is 1. The number of rotatable bonds is 2. The first-order valence-electron chi connectivity index (χ1n) is 9.32. The summed E-state index contributed by atoms with van der Waals surface area (Å²) in [7, 11) is 0. The van der Waals surface area contributed by atoms with Gasteiger partial charge in [0.15, 0.2) is 0 Å². The molecule has 29 heavy (non-hydrogen) atoms. The lowest BCUT2D eigenvalue weighted by Gasteiger charge is -2.17. The Morgan fingerprint density at radius 3 is 2.76 bits per heavy atom. The number of carbonyl (C=O) groups excluding carboxylic acids is 1. The zero-order chi connectivity index (χ0) is 20.1. The normalized spacial score (nSPS) is 15.6. The van der Waals surface area contributed by atoms with Crippen LogP contribution in [0.3, 0.4) is 0 Å². The maximum Gasteiger partial charge on any atom is 0.274 e. The van der Waals surface area contributed by atoms with Gasteiger partial charge in [0.2, 0.25) is 0 Å². The lowest BCUT2D eigenvalue weighted by atomic mass is 9.95. The average molecular weight is 401 g/mol. The number of phenolic OH excluding ortho intramolecular Hbond substituents is 1. The third-order valence-corrected chi connectivity index (χ3v) is 5.97. The van der Waals surface area contributed by atoms with Crippen molar-refractivity contribution in [3.05, 3.63) is 71.4 Å². The van der Waals surface area contributed by atoms with Gasteiger partial charge >= 0.3 is 0 Å². The molecule has 0 aliphatic carbocycles. The van der Waals surface area contributed by atoms with E-state index in [9.17, 15) is 9.90 Å². The van der Waals surface area contributed by atoms with Crippen LogP contribution in [-0.2, 0) is 0 Å². The Morgan fingerprint density at radius 2 is 2.00 bits per heavy atom. The first-order valence-corrected chi connectivity index (χ1v) is 9.86. The number of carbonyl (C=O) groups is 1. The fourth-order valence-corrected chi connectivity index (χ4v) is 4.48. The standard InChI is InChI=1S/C24H17ClN2O2/c1-2-14-7-8-19-15(9-14)10-20(26-19)24(29)27-13-16(12-25)23-18-6-4-3-5-17(18)22(28)11-21(23)27/h1,3-11,16,26,28H,12-13H2/t16-/m1/s1. The molecule has 0 spiro atoms. The molecule has 1 aromatic heterocycles. The molecule has 0 saturated carbocycles. The summed E-state index contributed by atoms with van der Waals surface area (Å²) < 4.78 is 0. The van der Waals surface area contributed by atoms with Crippen LogP contribution >= 0.6 is 11.6 Å². The van der Waals surface area contributed by atoms with Gasteiger partial charge in [-0.1, -0.05) is 30.2 Å². The van der Waals surface area contributed by atoms with E-state index in [1.165, 1.54) is 0 Å². The van der Waals surface area contributed by atoms with Crippen molar-refractivity contribution in [1.29, 1.82) is 0 Å². The summed E-state index contributed by atoms with van der Waals surface area (Å²) in [5.74, 6) is 3.00. The number of phenols is 1. The summed E-state index contributed by atoms with van der Waals surface area (Å²) in [6, 6.07) is 16.7. The fraction of sp³-hybridized carbons (Fsp3) is 0.125. The number of fused-ring (bicyclic) bond motifs is 4. The number of hydrogen-bond acceptors (Lipinski definition) is 2. The Kier molecular flexibility index (Phi) is 4.01. The molecule has 4 nitrogen and oxygen atoms in total. The number of anilines is 1. The van der Waals surface area contributed by atoms with Crippen molar-refractivity contribution in [2.75, 3.05) is 17.3 Å². The van der Waals surface area contributed by atoms with Gasteiger partial charge in [-0.15, -0.1) is 18.0 Å². The van der Waals surface area contributed by atoms with Crippen LogP contribution in [0.1, 0.15) is 27.5 Å². The van der Waals surface area contributed by atoms with Crippen LogP contribution in [0.5, 0.6) is 5.75 Å². The van der Waals surface area contributed by atoms with Crippen molar-refractivity contribution in [3.8, 4) is 18.1 Å². The lowest BCUT2D eigenvalue weighted by molar-refractivity contribution is 0.0984. The number of benzene rings is 3. The topological polar surface area (TPSA) is 56.3 Å². The second kappa shape index (κ2) is 6.58. The molecular formula is C24H17ClN2O2. The number of aromatic amines is 1. The summed E-state index contributed by atoms with van der Waals surface area (Å²) in [6.07, 6.45) is 5.48. The van der Waals surface area contributed by atoms with E-state index in [0.717, 1.165) is 32.8 Å². The molecule has 5 rings (SSSR count). The molecule has 0 radical (unpaired) electrons. The van der Waals surface area contributed by atoms with Gasteiger partial charge in [-0.25, -0.2) is 0 Å². The van der Waals surface area contributed by atoms with Gasteiger partial charge < -0.3 is 15.0 Å². The van der Waals surface area contributed by atoms with E-state index in [1.54, 1.807) is 11.0 Å². The maximum absolute atomic E-state index is 13.4. The predicted octanol–water partition coefficient (Wildman–Crippen LogP) is 4.99. The van der Waals surface area contributed by atoms with E-state index >= 15 is 0 Å². The van der Waals surface area contributed by atoms with Gasteiger partial charge in [-0.3, -0.25) is 4.79 Å². The molecule has 1 aliphatic rings. The molecule has 3 aromatic carbocycles. The summed E-state index contributed by atoms with van der Waals surface area (Å²) in [5, 5.41) is 13.1. The van der Waals surface area contributed by atoms with E-state index < -0.39 is 0 Å². The SMILES string of the molecule is C#Cc1ccc2[nH]c(C(=O)N3C[C@@H](CCl)c4c3cc(O)c3ccccc43)cc2c1. The fourth-order valence-electron chi connectivity index (χ4n) is 4.23. The van der Waals surface area contributed by atoms with Crippen LogP contribution in [0.25, 0.3) is 21.7 Å². The van der Waals surface area contributed by atoms with Crippen LogP contribution in [0.15, 0.2) is 54.6 Å². The quantitative estimate of drug-likeness (QED) is 0.368. The Balaban J connectivity index is 1.63. The third-order valence-electron chi connectivity index (χ3n) is 5.59. The second-order valence-electron chi connectivity index (χ2n) is 7.27. The van der Waals surface area contributed by atoms with Crippen molar-refractivity contribution in [1.82, 2.24) is 4.98 Å². The summed E-state index contributed by atoms with van der Waals surface area (Å²) >= 11 is 6.26. The van der Waals surface area contributed by atoms with Gasteiger partial charge in [0.1, 0.15) is 11.4 Å². The summed E-state index contributed by atoms with van der Waals surface area (Å²) in [4.78, 5) is 18.3. The average Bonchev–Trinajstić information content (AvgIpc) is 3.34. The molecule has 142 valence electrons. The molecule has 1 aliphatic heterocycles. The molecule has 2 heterocycles. The van der Waals surface area contributed by atoms with E-state index in [-0.39, 0.29) is 17.6 Å². The van der Waals surface area contributed by atoms with E-state index in [4.69, 9.17) is 18.0 Å². The minimum Gasteiger partial charge on any atom is -0.507 e. The molecule has 2 N–H and O–H groups in total. The molecule has 0 fully saturated rings. The predicted molar refractivity (Wildman–Crippen MR) is 117 cm³/mol. The van der Waals surface area contributed by atoms with Gasteiger partial charge in [0.25, 0.3) is 5.91 Å². The Hall–Kier alpha value is -3.42. The number of alkyl halides is 1. The highest BCUT2D eigenvalue weighted by atomic mass is 35.5. The molecule has 0 saturated heterocycles. The molecule has 1 amide bonds. The molecule has 0 bridgehead atoms. The highest BCUT2D eigenvalue weighted by Crippen LogP contribution is 2.45. The van der Waals surface area contributed by atoms with Crippen molar-refractivity contribution in [2.24, 2.45) is 0 Å². The van der Waals surface area contributed by atoms with Crippen LogP contribution < -0.4 is 4.90 Å². The minimum absolute atomic E-state index is 0.00135. The van der Waals surface area contributed by atoms with Crippen molar-refractivity contribution in [3.63, 3.8) is 0 Å². The number of nitrogens with zero attached hydrogens (tertiary/aromatic N) is 1. The number of aromatic hydroxyl groups is 1. The van der Waals surface area contributed by atoms with Crippen LogP contribution in [0.2, 0.25) is 0 Å². The first-order chi connectivity index (χ1) is 14.1. The van der Waals surface area contributed by atoms with Gasteiger partial charge in [0.05, 0.1) is 5.69 Å². The zero-order valence-corrected chi connectivity index (χ0v) is 16.2. The molecule has 1 atom stereocenters. The number of H-pyrrole nitrogens is 1. The number of hydrogen-bond donors (Lipinski definition) is 2. The Bertz CT molecular complexity index is 1330. The third kappa shape index (κ3) is 2.66. The zero-order valence-electron chi connectivity index (χ0n) is 15.4. The van der Waals surface area contributed by atoms with Gasteiger partial charge in [0, 0.05) is 46.3 Å². The Labute approximate surface area is 172 Å². The Morgan fingerprint density at radius 1 is 1.21 bits per heavy atom. The number of amides is 1. The van der Waals surface area contributed by atoms with Gasteiger partial charge in [-0.05, 0) is 35.2 Å². The van der Waals surface area contributed by atoms with E-state index in [1.807, 2.05) is 48.5 Å². The number of nitrogens with one attached hydrogen (secondary N) is 1. The van der Waals surface area contributed by atoms with Crippen molar-refractivity contribution in [2.45, 2.75) is 5.92 Å². The summed E-state index contributed by atoms with van der Waals surface area (Å²) in [6.45, 7) is 0.468. The van der Waals surface area contributed by atoms with Crippen LogP contribution in [-0.4, -0.2) is 28.4 Å². The van der Waals surface area contributed by atoms with Crippen LogP contribution in [0, 0.1) is 12.3 Å². The largest absolute Gasteiger partial charge is 0.507 e. The maximum atomic E-state index is 13.4. The lowest BCUT2D eigenvalue weighted by Crippen LogP contribution is -2.30. The molecule has 0 unspecified atom stereocenters. The highest BCUT2D eigenvalue weighted by molar-refractivity contribution is 6.19. The van der Waals surface area contributed by atoms with Gasteiger partial charge in [-0.2, -0.15) is 0 Å².